The Labute approximate surface area is 82.7 Å². The summed E-state index contributed by atoms with van der Waals surface area (Å²) in [6.45, 7) is 0.208. The first-order valence-corrected chi connectivity index (χ1v) is 5.94. The molecule has 14 heavy (non-hydrogen) atoms. The molecule has 5 nitrogen and oxygen atoms in total. The normalized spacial score (nSPS) is 11.3. The Morgan fingerprint density at radius 2 is 2.29 bits per heavy atom. The molecule has 1 rings (SSSR count). The minimum Gasteiger partial charge on any atom is -0.395 e. The molecule has 1 aromatic heterocycles. The third-order valence-corrected chi connectivity index (χ3v) is 2.70. The molecule has 0 aliphatic heterocycles. The lowest BCUT2D eigenvalue weighted by molar-refractivity contribution is 0.311. The number of hydrogen-bond donors (Lipinski definition) is 2. The van der Waals surface area contributed by atoms with Crippen LogP contribution in [0.1, 0.15) is 0 Å². The largest absolute Gasteiger partial charge is 0.395 e. The smallest absolute Gasteiger partial charge is 0.179 e. The quantitative estimate of drug-likeness (QED) is 0.734. The van der Waals surface area contributed by atoms with Crippen LogP contribution in [-0.4, -0.2) is 37.9 Å². The number of nitrogens with one attached hydrogen (secondary N) is 1. The molecule has 0 bridgehead atoms. The molecular weight excluding hydrogens is 204 g/mol. The van der Waals surface area contributed by atoms with Gasteiger partial charge in [-0.05, 0) is 12.1 Å². The monoisotopic (exact) mass is 216 g/mol. The topological polar surface area (TPSA) is 79.3 Å². The van der Waals surface area contributed by atoms with Crippen molar-refractivity contribution in [3.05, 3.63) is 18.3 Å². The summed E-state index contributed by atoms with van der Waals surface area (Å²) in [6, 6.07) is 3.03. The van der Waals surface area contributed by atoms with Crippen LogP contribution in [-0.2, 0) is 9.84 Å². The molecule has 0 spiro atoms. The van der Waals surface area contributed by atoms with Gasteiger partial charge in [0.1, 0.15) is 10.7 Å². The summed E-state index contributed by atoms with van der Waals surface area (Å²) in [5.74, 6) is 0.282. The Morgan fingerprint density at radius 1 is 1.57 bits per heavy atom. The number of aliphatic hydroxyl groups excluding tert-OH is 1. The fourth-order valence-corrected chi connectivity index (χ4v) is 1.80. The van der Waals surface area contributed by atoms with Crippen molar-refractivity contribution in [3.8, 4) is 0 Å². The molecule has 1 aromatic rings. The van der Waals surface area contributed by atoms with E-state index in [9.17, 15) is 8.42 Å². The second-order valence-corrected chi connectivity index (χ2v) is 4.76. The van der Waals surface area contributed by atoms with E-state index < -0.39 is 9.84 Å². The van der Waals surface area contributed by atoms with Crippen LogP contribution in [0.2, 0.25) is 0 Å². The SMILES string of the molecule is CS(=O)(=O)c1cccnc1NCCO. The molecular formula is C8H12N2O3S. The van der Waals surface area contributed by atoms with E-state index in [1.54, 1.807) is 6.07 Å². The highest BCUT2D eigenvalue weighted by molar-refractivity contribution is 7.90. The summed E-state index contributed by atoms with van der Waals surface area (Å²) in [5, 5.41) is 11.3. The summed E-state index contributed by atoms with van der Waals surface area (Å²) in [4.78, 5) is 4.03. The van der Waals surface area contributed by atoms with E-state index >= 15 is 0 Å². The molecule has 0 unspecified atom stereocenters. The van der Waals surface area contributed by atoms with E-state index in [-0.39, 0.29) is 23.9 Å². The van der Waals surface area contributed by atoms with Gasteiger partial charge in [0.2, 0.25) is 0 Å². The third-order valence-electron chi connectivity index (χ3n) is 1.57. The van der Waals surface area contributed by atoms with Crippen LogP contribution in [0.15, 0.2) is 23.2 Å². The lowest BCUT2D eigenvalue weighted by atomic mass is 10.4. The average Bonchev–Trinajstić information content (AvgIpc) is 2.14. The van der Waals surface area contributed by atoms with E-state index in [0.717, 1.165) is 6.26 Å². The van der Waals surface area contributed by atoms with Gasteiger partial charge in [-0.2, -0.15) is 0 Å². The summed E-state index contributed by atoms with van der Waals surface area (Å²) in [7, 11) is -3.27. The van der Waals surface area contributed by atoms with Crippen molar-refractivity contribution < 1.29 is 13.5 Å². The molecule has 1 heterocycles. The molecule has 2 N–H and O–H groups in total. The van der Waals surface area contributed by atoms with Crippen LogP contribution in [0.4, 0.5) is 5.82 Å². The number of anilines is 1. The molecule has 0 atom stereocenters. The summed E-state index contributed by atoms with van der Waals surface area (Å²) in [6.07, 6.45) is 2.61. The number of aliphatic hydroxyl groups is 1. The molecule has 0 aliphatic rings. The Kier molecular flexibility index (Phi) is 3.43. The van der Waals surface area contributed by atoms with Gasteiger partial charge in [-0.15, -0.1) is 0 Å². The number of pyridine rings is 1. The second-order valence-electron chi connectivity index (χ2n) is 2.77. The maximum atomic E-state index is 11.3. The molecule has 0 aromatic carbocycles. The predicted molar refractivity (Wildman–Crippen MR) is 52.9 cm³/mol. The van der Waals surface area contributed by atoms with Gasteiger partial charge in [-0.25, -0.2) is 13.4 Å². The zero-order valence-electron chi connectivity index (χ0n) is 7.77. The fraction of sp³-hybridized carbons (Fsp3) is 0.375. The van der Waals surface area contributed by atoms with E-state index in [1.807, 2.05) is 0 Å². The van der Waals surface area contributed by atoms with Crippen molar-refractivity contribution in [1.29, 1.82) is 0 Å². The first-order valence-electron chi connectivity index (χ1n) is 4.05. The van der Waals surface area contributed by atoms with Crippen molar-refractivity contribution in [2.75, 3.05) is 24.7 Å². The minimum atomic E-state index is -3.27. The van der Waals surface area contributed by atoms with Gasteiger partial charge in [-0.3, -0.25) is 0 Å². The lowest BCUT2D eigenvalue weighted by Gasteiger charge is -2.07. The fourth-order valence-electron chi connectivity index (χ4n) is 0.997. The highest BCUT2D eigenvalue weighted by Gasteiger charge is 2.12. The van der Waals surface area contributed by atoms with Crippen molar-refractivity contribution in [1.82, 2.24) is 4.98 Å². The van der Waals surface area contributed by atoms with Crippen LogP contribution in [0.5, 0.6) is 0 Å². The van der Waals surface area contributed by atoms with E-state index in [2.05, 4.69) is 10.3 Å². The Balaban J connectivity index is 3.04. The van der Waals surface area contributed by atoms with E-state index in [0.29, 0.717) is 0 Å². The van der Waals surface area contributed by atoms with E-state index in [1.165, 1.54) is 12.3 Å². The van der Waals surface area contributed by atoms with Gasteiger partial charge in [0.05, 0.1) is 6.61 Å². The standard InChI is InChI=1S/C8H12N2O3S/c1-14(12,13)7-3-2-4-9-8(7)10-5-6-11/h2-4,11H,5-6H2,1H3,(H,9,10). The summed E-state index contributed by atoms with van der Waals surface area (Å²) >= 11 is 0. The molecule has 6 heteroatoms. The van der Waals surface area contributed by atoms with Crippen LogP contribution in [0, 0.1) is 0 Å². The van der Waals surface area contributed by atoms with Crippen molar-refractivity contribution in [2.24, 2.45) is 0 Å². The van der Waals surface area contributed by atoms with Crippen molar-refractivity contribution in [2.45, 2.75) is 4.90 Å². The van der Waals surface area contributed by atoms with Crippen molar-refractivity contribution in [3.63, 3.8) is 0 Å². The van der Waals surface area contributed by atoms with Crippen LogP contribution in [0.3, 0.4) is 0 Å². The van der Waals surface area contributed by atoms with Gasteiger partial charge in [0.15, 0.2) is 9.84 Å². The molecule has 0 saturated carbocycles. The number of rotatable bonds is 4. The molecule has 0 radical (unpaired) electrons. The van der Waals surface area contributed by atoms with Crippen LogP contribution in [0.25, 0.3) is 0 Å². The Hall–Kier alpha value is -1.14. The number of hydrogen-bond acceptors (Lipinski definition) is 5. The van der Waals surface area contributed by atoms with Gasteiger partial charge < -0.3 is 10.4 Å². The Bertz CT molecular complexity index is 403. The average molecular weight is 216 g/mol. The van der Waals surface area contributed by atoms with Gasteiger partial charge in [-0.1, -0.05) is 0 Å². The number of nitrogens with zero attached hydrogens (tertiary/aromatic N) is 1. The molecule has 0 saturated heterocycles. The van der Waals surface area contributed by atoms with Crippen LogP contribution < -0.4 is 5.32 Å². The van der Waals surface area contributed by atoms with Crippen LogP contribution >= 0.6 is 0 Å². The first-order chi connectivity index (χ1) is 6.55. The highest BCUT2D eigenvalue weighted by atomic mass is 32.2. The Morgan fingerprint density at radius 3 is 2.86 bits per heavy atom. The summed E-state index contributed by atoms with van der Waals surface area (Å²) in [5.41, 5.74) is 0. The van der Waals surface area contributed by atoms with Gasteiger partial charge >= 0.3 is 0 Å². The molecule has 0 amide bonds. The maximum Gasteiger partial charge on any atom is 0.179 e. The molecule has 78 valence electrons. The second kappa shape index (κ2) is 4.39. The molecule has 0 fully saturated rings. The minimum absolute atomic E-state index is 0.0697. The van der Waals surface area contributed by atoms with E-state index in [4.69, 9.17) is 5.11 Å². The zero-order valence-corrected chi connectivity index (χ0v) is 8.58. The predicted octanol–water partition coefficient (Wildman–Crippen LogP) is -0.111. The number of aromatic nitrogens is 1. The maximum absolute atomic E-state index is 11.3. The lowest BCUT2D eigenvalue weighted by Crippen LogP contribution is -2.11. The molecule has 0 aliphatic carbocycles. The first kappa shape index (κ1) is 10.9. The zero-order chi connectivity index (χ0) is 10.6. The van der Waals surface area contributed by atoms with Gasteiger partial charge in [0.25, 0.3) is 0 Å². The highest BCUT2D eigenvalue weighted by Crippen LogP contribution is 2.16. The van der Waals surface area contributed by atoms with Crippen molar-refractivity contribution >= 4 is 15.7 Å². The van der Waals surface area contributed by atoms with Gasteiger partial charge in [0, 0.05) is 19.0 Å². The summed E-state index contributed by atoms with van der Waals surface area (Å²) < 4.78 is 22.5. The third kappa shape index (κ3) is 2.68. The number of sulfone groups is 1.